The van der Waals surface area contributed by atoms with Gasteiger partial charge in [-0.15, -0.1) is 11.6 Å². The minimum Gasteiger partial charge on any atom is -0.371 e. The molecule has 0 aromatic carbocycles. The summed E-state index contributed by atoms with van der Waals surface area (Å²) in [5, 5.41) is 9.87. The number of alkyl halides is 1. The zero-order valence-corrected chi connectivity index (χ0v) is 22.3. The molecule has 0 saturated carbocycles. The monoisotopic (exact) mass is 499 g/mol. The number of nitrogens with two attached hydrogens (primary N) is 2. The number of halogens is 1. The zero-order chi connectivity index (χ0) is 25.1. The lowest BCUT2D eigenvalue weighted by atomic mass is 9.91. The fourth-order valence-electron chi connectivity index (χ4n) is 4.76. The number of allylic oxidation sites excluding steroid dienone is 1. The Hall–Kier alpha value is -1.03. The van der Waals surface area contributed by atoms with Gasteiger partial charge in [-0.3, -0.25) is 4.79 Å². The second kappa shape index (κ2) is 15.2. The van der Waals surface area contributed by atoms with Gasteiger partial charge >= 0.3 is 0 Å². The normalized spacial score (nSPS) is 27.0. The molecule has 0 aliphatic carbocycles. The third-order valence-electron chi connectivity index (χ3n) is 6.89. The van der Waals surface area contributed by atoms with E-state index in [1.807, 2.05) is 6.21 Å². The third kappa shape index (κ3) is 8.88. The first-order valence-electron chi connectivity index (χ1n) is 13.1. The molecule has 8 nitrogen and oxygen atoms in total. The van der Waals surface area contributed by atoms with Crippen LogP contribution in [0, 0.1) is 5.92 Å². The Balaban J connectivity index is 2.27. The number of nitrogens with one attached hydrogen (secondary N) is 3. The van der Waals surface area contributed by atoms with Gasteiger partial charge in [0, 0.05) is 13.1 Å². The lowest BCUT2D eigenvalue weighted by molar-refractivity contribution is -0.554. The molecule has 2 aliphatic heterocycles. The van der Waals surface area contributed by atoms with Crippen molar-refractivity contribution in [1.82, 2.24) is 16.0 Å². The Morgan fingerprint density at radius 2 is 1.91 bits per heavy atom. The number of hydrogen-bond acceptors (Lipinski definition) is 6. The van der Waals surface area contributed by atoms with Crippen molar-refractivity contribution >= 4 is 23.7 Å². The van der Waals surface area contributed by atoms with E-state index in [-0.39, 0.29) is 35.6 Å². The Morgan fingerprint density at radius 1 is 1.21 bits per heavy atom. The number of carbonyl (C=O) groups excluding carboxylic acids is 1. The SMILES string of the molecule is CCCC(Cl)C=[N+](CC)C(C=C(C)CC)C(C(=O)NC1CNCCC1OC1CCNC1)C(N)N. The molecule has 2 rings (SSSR count). The molecule has 0 bridgehead atoms. The summed E-state index contributed by atoms with van der Waals surface area (Å²) < 4.78 is 8.50. The second-order valence-electron chi connectivity index (χ2n) is 9.64. The lowest BCUT2D eigenvalue weighted by Crippen LogP contribution is -2.61. The first-order chi connectivity index (χ1) is 16.3. The minimum atomic E-state index is -0.816. The number of likely N-dealkylation sites (N-methyl/N-ethyl adjacent to an activating group) is 1. The Labute approximate surface area is 211 Å². The highest BCUT2D eigenvalue weighted by molar-refractivity contribution is 6.27. The smallest absolute Gasteiger partial charge is 0.233 e. The van der Waals surface area contributed by atoms with Gasteiger partial charge in [-0.25, -0.2) is 4.58 Å². The van der Waals surface area contributed by atoms with Crippen LogP contribution in [0.1, 0.15) is 59.8 Å². The van der Waals surface area contributed by atoms with E-state index in [4.69, 9.17) is 27.8 Å². The molecule has 2 saturated heterocycles. The van der Waals surface area contributed by atoms with E-state index in [1.54, 1.807) is 0 Å². The van der Waals surface area contributed by atoms with Crippen LogP contribution in [0.5, 0.6) is 0 Å². The third-order valence-corrected chi connectivity index (χ3v) is 7.22. The number of rotatable bonds is 13. The molecule has 196 valence electrons. The first kappa shape index (κ1) is 29.2. The number of ether oxygens (including phenoxy) is 1. The molecule has 6 unspecified atom stereocenters. The molecule has 1 amide bonds. The second-order valence-corrected chi connectivity index (χ2v) is 10.2. The van der Waals surface area contributed by atoms with Crippen molar-refractivity contribution in [2.24, 2.45) is 17.4 Å². The van der Waals surface area contributed by atoms with E-state index in [0.29, 0.717) is 13.1 Å². The fourth-order valence-corrected chi connectivity index (χ4v) is 5.12. The number of nitrogens with zero attached hydrogens (tertiary/aromatic N) is 1. The van der Waals surface area contributed by atoms with Gasteiger partial charge in [-0.2, -0.15) is 0 Å². The van der Waals surface area contributed by atoms with Gasteiger partial charge in [-0.05, 0) is 58.7 Å². The first-order valence-corrected chi connectivity index (χ1v) is 13.5. The summed E-state index contributed by atoms with van der Waals surface area (Å²) in [5.74, 6) is -0.764. The molecule has 9 heteroatoms. The molecule has 0 radical (unpaired) electrons. The molecule has 0 spiro atoms. The Bertz CT molecular complexity index is 680. The van der Waals surface area contributed by atoms with E-state index < -0.39 is 12.1 Å². The summed E-state index contributed by atoms with van der Waals surface area (Å²) in [7, 11) is 0. The van der Waals surface area contributed by atoms with Gasteiger partial charge in [0.05, 0.1) is 24.4 Å². The molecule has 0 aromatic rings. The summed E-state index contributed by atoms with van der Waals surface area (Å²) in [6.07, 6.45) is 8.12. The Kier molecular flexibility index (Phi) is 13.0. The van der Waals surface area contributed by atoms with Crippen LogP contribution < -0.4 is 27.4 Å². The van der Waals surface area contributed by atoms with E-state index in [1.165, 1.54) is 5.57 Å². The summed E-state index contributed by atoms with van der Waals surface area (Å²) >= 11 is 6.58. The molecule has 2 fully saturated rings. The average molecular weight is 500 g/mol. The van der Waals surface area contributed by atoms with Crippen LogP contribution >= 0.6 is 11.6 Å². The Morgan fingerprint density at radius 3 is 2.50 bits per heavy atom. The van der Waals surface area contributed by atoms with Crippen LogP contribution in [-0.2, 0) is 9.53 Å². The van der Waals surface area contributed by atoms with Crippen LogP contribution in [-0.4, -0.2) is 85.3 Å². The topological polar surface area (TPSA) is 117 Å². The van der Waals surface area contributed by atoms with Gasteiger partial charge in [0.2, 0.25) is 5.91 Å². The van der Waals surface area contributed by atoms with Crippen molar-refractivity contribution in [3.63, 3.8) is 0 Å². The van der Waals surface area contributed by atoms with Crippen LogP contribution in [0.15, 0.2) is 11.6 Å². The van der Waals surface area contributed by atoms with Crippen molar-refractivity contribution in [3.8, 4) is 0 Å². The highest BCUT2D eigenvalue weighted by Crippen LogP contribution is 2.19. The van der Waals surface area contributed by atoms with Gasteiger partial charge in [0.25, 0.3) is 0 Å². The number of hydrogen-bond donors (Lipinski definition) is 5. The molecule has 34 heavy (non-hydrogen) atoms. The largest absolute Gasteiger partial charge is 0.371 e. The van der Waals surface area contributed by atoms with Crippen molar-refractivity contribution in [2.75, 3.05) is 32.7 Å². The highest BCUT2D eigenvalue weighted by Gasteiger charge is 2.40. The highest BCUT2D eigenvalue weighted by atomic mass is 35.5. The summed E-state index contributed by atoms with van der Waals surface area (Å²) in [6.45, 7) is 12.5. The van der Waals surface area contributed by atoms with E-state index in [9.17, 15) is 4.79 Å². The fraction of sp³-hybridized carbons (Fsp3) is 0.840. The quantitative estimate of drug-likeness (QED) is 0.0857. The predicted octanol–water partition coefficient (Wildman–Crippen LogP) is 1.31. The average Bonchev–Trinajstić information content (AvgIpc) is 3.31. The number of piperidine rings is 1. The molecule has 6 atom stereocenters. The molecule has 7 N–H and O–H groups in total. The van der Waals surface area contributed by atoms with Crippen LogP contribution in [0.4, 0.5) is 0 Å². The van der Waals surface area contributed by atoms with Crippen molar-refractivity contribution in [3.05, 3.63) is 11.6 Å². The van der Waals surface area contributed by atoms with Crippen molar-refractivity contribution in [2.45, 2.75) is 95.6 Å². The predicted molar refractivity (Wildman–Crippen MR) is 140 cm³/mol. The van der Waals surface area contributed by atoms with E-state index in [2.05, 4.69) is 54.3 Å². The van der Waals surface area contributed by atoms with Crippen LogP contribution in [0.2, 0.25) is 0 Å². The molecule has 0 aromatic heterocycles. The summed E-state index contributed by atoms with van der Waals surface area (Å²) in [4.78, 5) is 13.7. The van der Waals surface area contributed by atoms with E-state index in [0.717, 1.165) is 51.7 Å². The maximum Gasteiger partial charge on any atom is 0.233 e. The van der Waals surface area contributed by atoms with Gasteiger partial charge in [0.1, 0.15) is 17.8 Å². The maximum atomic E-state index is 13.7. The molecule has 2 heterocycles. The molecule has 2 aliphatic rings. The molecular formula is C25H48ClN6O2+. The van der Waals surface area contributed by atoms with Gasteiger partial charge in [-0.1, -0.05) is 25.8 Å². The standard InChI is InChI=1S/C25H47ClN6O2/c1-5-8-18(26)16-32(7-3)21(13-17(4)6-2)23(24(27)28)25(33)31-20-15-30-12-10-22(20)34-19-9-11-29-14-19/h13,16,18-24,29-30H,5-12,14-15,27-28H2,1-4H3/p+1. The number of amides is 1. The molecular weight excluding hydrogens is 452 g/mol. The summed E-state index contributed by atoms with van der Waals surface area (Å²) in [5.41, 5.74) is 13.7. The van der Waals surface area contributed by atoms with E-state index >= 15 is 0 Å². The van der Waals surface area contributed by atoms with Gasteiger partial charge < -0.3 is 32.2 Å². The van der Waals surface area contributed by atoms with Crippen molar-refractivity contribution in [1.29, 1.82) is 0 Å². The van der Waals surface area contributed by atoms with Gasteiger partial charge in [0.15, 0.2) is 12.3 Å². The summed E-state index contributed by atoms with van der Waals surface area (Å²) in [6, 6.07) is -0.405. The number of carbonyl (C=O) groups is 1. The van der Waals surface area contributed by atoms with Crippen molar-refractivity contribution < 1.29 is 14.1 Å². The maximum absolute atomic E-state index is 13.7. The minimum absolute atomic E-state index is 0.0262. The van der Waals surface area contributed by atoms with Crippen LogP contribution in [0.25, 0.3) is 0 Å². The zero-order valence-electron chi connectivity index (χ0n) is 21.6. The lowest BCUT2D eigenvalue weighted by Gasteiger charge is -2.36. The van der Waals surface area contributed by atoms with Crippen LogP contribution in [0.3, 0.4) is 0 Å².